The summed E-state index contributed by atoms with van der Waals surface area (Å²) in [5, 5.41) is 3.77. The molecule has 2 rings (SSSR count). The van der Waals surface area contributed by atoms with E-state index in [-0.39, 0.29) is 27.9 Å². The number of esters is 1. The Morgan fingerprint density at radius 3 is 2.32 bits per heavy atom. The first-order valence-electron chi connectivity index (χ1n) is 7.95. The predicted molar refractivity (Wildman–Crippen MR) is 99.4 cm³/mol. The van der Waals surface area contributed by atoms with Crippen molar-refractivity contribution in [1.82, 2.24) is 5.32 Å². The number of rotatable bonds is 6. The summed E-state index contributed by atoms with van der Waals surface area (Å²) in [6, 6.07) is 10.7. The molecule has 10 heteroatoms. The van der Waals surface area contributed by atoms with Crippen molar-refractivity contribution in [2.75, 3.05) is 11.9 Å². The van der Waals surface area contributed by atoms with Gasteiger partial charge < -0.3 is 15.4 Å². The minimum Gasteiger partial charge on any atom is -0.463 e. The molecular formula is C18H15Cl2F3N2O3. The van der Waals surface area contributed by atoms with Gasteiger partial charge in [0.05, 0.1) is 17.2 Å². The van der Waals surface area contributed by atoms with Crippen LogP contribution in [0.4, 0.5) is 18.9 Å². The Labute approximate surface area is 168 Å². The van der Waals surface area contributed by atoms with Crippen molar-refractivity contribution in [3.05, 3.63) is 64.1 Å². The van der Waals surface area contributed by atoms with E-state index in [2.05, 4.69) is 4.74 Å². The van der Waals surface area contributed by atoms with Gasteiger partial charge in [0.15, 0.2) is 0 Å². The molecule has 2 N–H and O–H groups in total. The van der Waals surface area contributed by atoms with Crippen molar-refractivity contribution in [2.24, 2.45) is 0 Å². The lowest BCUT2D eigenvalue weighted by Gasteiger charge is -2.35. The molecular weight excluding hydrogens is 420 g/mol. The van der Waals surface area contributed by atoms with Crippen LogP contribution < -0.4 is 10.6 Å². The van der Waals surface area contributed by atoms with Gasteiger partial charge in [0.2, 0.25) is 0 Å². The average Bonchev–Trinajstić information content (AvgIpc) is 2.60. The third-order valence-electron chi connectivity index (χ3n) is 3.58. The molecule has 0 heterocycles. The first-order chi connectivity index (χ1) is 13.1. The predicted octanol–water partition coefficient (Wildman–Crippen LogP) is 4.66. The summed E-state index contributed by atoms with van der Waals surface area (Å²) in [4.78, 5) is 24.9. The highest BCUT2D eigenvalue weighted by Crippen LogP contribution is 2.34. The van der Waals surface area contributed by atoms with Gasteiger partial charge in [0.25, 0.3) is 5.91 Å². The van der Waals surface area contributed by atoms with E-state index in [9.17, 15) is 22.8 Å². The summed E-state index contributed by atoms with van der Waals surface area (Å²) in [7, 11) is 0. The normalized spacial score (nSPS) is 13.4. The molecule has 0 aliphatic carbocycles. The van der Waals surface area contributed by atoms with Gasteiger partial charge >= 0.3 is 17.8 Å². The van der Waals surface area contributed by atoms with E-state index < -0.39 is 23.7 Å². The second kappa shape index (κ2) is 8.70. The van der Waals surface area contributed by atoms with Crippen molar-refractivity contribution < 1.29 is 27.5 Å². The van der Waals surface area contributed by atoms with Gasteiger partial charge in [0.1, 0.15) is 0 Å². The zero-order chi connectivity index (χ0) is 20.9. The summed E-state index contributed by atoms with van der Waals surface area (Å²) >= 11 is 11.7. The van der Waals surface area contributed by atoms with Crippen LogP contribution in [-0.4, -0.2) is 30.3 Å². The van der Waals surface area contributed by atoms with E-state index in [0.717, 1.165) is 0 Å². The van der Waals surface area contributed by atoms with Gasteiger partial charge in [-0.05, 0) is 37.3 Å². The third-order valence-corrected chi connectivity index (χ3v) is 4.15. The fourth-order valence-corrected chi connectivity index (χ4v) is 2.71. The monoisotopic (exact) mass is 434 g/mol. The zero-order valence-corrected chi connectivity index (χ0v) is 16.0. The number of ether oxygens (including phenoxy) is 1. The minimum atomic E-state index is -5.27. The Morgan fingerprint density at radius 2 is 1.75 bits per heavy atom. The van der Waals surface area contributed by atoms with Gasteiger partial charge in [-0.2, -0.15) is 13.2 Å². The lowest BCUT2D eigenvalue weighted by Crippen LogP contribution is -2.69. The fourth-order valence-electron chi connectivity index (χ4n) is 2.30. The molecule has 1 amide bonds. The van der Waals surface area contributed by atoms with E-state index >= 15 is 0 Å². The quantitative estimate of drug-likeness (QED) is 0.512. The van der Waals surface area contributed by atoms with Crippen molar-refractivity contribution in [3.8, 4) is 0 Å². The number of nitrogens with one attached hydrogen (secondary N) is 2. The van der Waals surface area contributed by atoms with E-state index in [0.29, 0.717) is 0 Å². The maximum absolute atomic E-state index is 14.1. The van der Waals surface area contributed by atoms with Gasteiger partial charge in [-0.3, -0.25) is 4.79 Å². The smallest absolute Gasteiger partial charge is 0.441 e. The van der Waals surface area contributed by atoms with Gasteiger partial charge in [-0.25, -0.2) is 4.79 Å². The Hall–Kier alpha value is -2.45. The topological polar surface area (TPSA) is 67.4 Å². The molecule has 0 saturated heterocycles. The summed E-state index contributed by atoms with van der Waals surface area (Å²) in [5.41, 5.74) is -3.96. The van der Waals surface area contributed by atoms with Crippen molar-refractivity contribution >= 4 is 40.8 Å². The van der Waals surface area contributed by atoms with Crippen molar-refractivity contribution in [1.29, 1.82) is 0 Å². The zero-order valence-electron chi connectivity index (χ0n) is 14.4. The van der Waals surface area contributed by atoms with E-state index in [1.54, 1.807) is 5.32 Å². The fraction of sp³-hybridized carbons (Fsp3) is 0.222. The molecule has 0 aliphatic heterocycles. The molecule has 28 heavy (non-hydrogen) atoms. The molecule has 5 nitrogen and oxygen atoms in total. The van der Waals surface area contributed by atoms with Crippen LogP contribution in [0.15, 0.2) is 48.5 Å². The Balaban J connectivity index is 2.54. The highest BCUT2D eigenvalue weighted by atomic mass is 35.5. The van der Waals surface area contributed by atoms with E-state index in [1.807, 2.05) is 5.32 Å². The molecule has 150 valence electrons. The number of carbonyl (C=O) groups is 2. The Kier molecular flexibility index (Phi) is 6.79. The minimum absolute atomic E-state index is 0.0808. The summed E-state index contributed by atoms with van der Waals surface area (Å²) < 4.78 is 46.8. The summed E-state index contributed by atoms with van der Waals surface area (Å²) in [6.07, 6.45) is -5.27. The molecule has 0 spiro atoms. The SMILES string of the molecule is CCOC(=O)[C@](NC(=O)c1ccccc1Cl)(Nc1cccc(Cl)c1)C(F)(F)F. The standard InChI is InChI=1S/C18H15Cl2F3N2O3/c1-2-28-16(27)17(18(21,22)23,24-12-7-5-6-11(19)10-12)25-15(26)13-8-3-4-9-14(13)20/h3-10,24H,2H2,1H3,(H,25,26)/t17-/m1/s1. The summed E-state index contributed by atoms with van der Waals surface area (Å²) in [5.74, 6) is -2.95. The van der Waals surface area contributed by atoms with Crippen LogP contribution in [0.2, 0.25) is 10.0 Å². The maximum atomic E-state index is 14.1. The van der Waals surface area contributed by atoms with Crippen molar-refractivity contribution in [3.63, 3.8) is 0 Å². The van der Waals surface area contributed by atoms with Crippen LogP contribution in [0, 0.1) is 0 Å². The molecule has 1 atom stereocenters. The molecule has 0 aliphatic rings. The molecule has 0 aromatic heterocycles. The molecule has 0 saturated carbocycles. The maximum Gasteiger partial charge on any atom is 0.441 e. The first-order valence-corrected chi connectivity index (χ1v) is 8.71. The molecule has 2 aromatic carbocycles. The lowest BCUT2D eigenvalue weighted by molar-refractivity contribution is -0.204. The average molecular weight is 435 g/mol. The van der Waals surface area contributed by atoms with Crippen LogP contribution in [0.5, 0.6) is 0 Å². The number of halogens is 5. The molecule has 2 aromatic rings. The molecule has 0 fully saturated rings. The number of amides is 1. The van der Waals surface area contributed by atoms with Gasteiger partial charge in [-0.15, -0.1) is 0 Å². The highest BCUT2D eigenvalue weighted by molar-refractivity contribution is 6.34. The van der Waals surface area contributed by atoms with E-state index in [1.165, 1.54) is 55.5 Å². The number of hydrogen-bond acceptors (Lipinski definition) is 4. The second-order valence-corrected chi connectivity index (χ2v) is 6.38. The van der Waals surface area contributed by atoms with Gasteiger partial charge in [-0.1, -0.05) is 41.4 Å². The second-order valence-electron chi connectivity index (χ2n) is 5.54. The van der Waals surface area contributed by atoms with Gasteiger partial charge in [0, 0.05) is 10.7 Å². The van der Waals surface area contributed by atoms with Crippen molar-refractivity contribution in [2.45, 2.75) is 18.8 Å². The largest absolute Gasteiger partial charge is 0.463 e. The lowest BCUT2D eigenvalue weighted by atomic mass is 10.1. The van der Waals surface area contributed by atoms with Crippen LogP contribution in [0.3, 0.4) is 0 Å². The number of benzene rings is 2. The van der Waals surface area contributed by atoms with E-state index in [4.69, 9.17) is 23.2 Å². The summed E-state index contributed by atoms with van der Waals surface area (Å²) in [6.45, 7) is 1.00. The number of alkyl halides is 3. The highest BCUT2D eigenvalue weighted by Gasteiger charge is 2.63. The van der Waals surface area contributed by atoms with Crippen LogP contribution in [0.25, 0.3) is 0 Å². The molecule has 0 radical (unpaired) electrons. The first kappa shape index (κ1) is 21.8. The Morgan fingerprint density at radius 1 is 1.07 bits per heavy atom. The number of carbonyl (C=O) groups excluding carboxylic acids is 2. The van der Waals surface area contributed by atoms with Crippen LogP contribution in [0.1, 0.15) is 17.3 Å². The molecule has 0 bridgehead atoms. The Bertz CT molecular complexity index is 877. The number of hydrogen-bond donors (Lipinski definition) is 2. The molecule has 0 unspecified atom stereocenters. The van der Waals surface area contributed by atoms with Crippen LogP contribution in [-0.2, 0) is 9.53 Å². The number of anilines is 1. The third kappa shape index (κ3) is 4.69. The van der Waals surface area contributed by atoms with Crippen LogP contribution >= 0.6 is 23.2 Å².